The molecule has 0 bridgehead atoms. The number of nitrogens with zero attached hydrogens (tertiary/aromatic N) is 1. The van der Waals surface area contributed by atoms with E-state index in [1.165, 1.54) is 18.7 Å². The summed E-state index contributed by atoms with van der Waals surface area (Å²) >= 11 is 1.17. The van der Waals surface area contributed by atoms with Crippen molar-refractivity contribution in [3.8, 4) is 0 Å². The van der Waals surface area contributed by atoms with Gasteiger partial charge in [0.1, 0.15) is 0 Å². The van der Waals surface area contributed by atoms with E-state index in [9.17, 15) is 14.4 Å². The lowest BCUT2D eigenvalue weighted by Gasteiger charge is -2.20. The van der Waals surface area contributed by atoms with Gasteiger partial charge in [0, 0.05) is 36.1 Å². The third kappa shape index (κ3) is 5.16. The molecule has 7 heteroatoms. The van der Waals surface area contributed by atoms with Gasteiger partial charge in [0.2, 0.25) is 11.8 Å². The molecule has 0 saturated carbocycles. The quantitative estimate of drug-likeness (QED) is 0.844. The summed E-state index contributed by atoms with van der Waals surface area (Å²) in [5, 5.41) is 6.92. The van der Waals surface area contributed by atoms with E-state index in [4.69, 9.17) is 0 Å². The van der Waals surface area contributed by atoms with Gasteiger partial charge in [0.25, 0.3) is 0 Å². The fourth-order valence-corrected chi connectivity index (χ4v) is 3.41. The Morgan fingerprint density at radius 2 is 1.92 bits per heavy atom. The standard InChI is InChI=1S/C18H23N3O3S/c1-10-9-16(23)20-21-17(10)14-5-7-15(8-6-14)19-18(24)11(2)12(3)25-13(4)22/h5-8,10-12H,9H2,1-4H3,(H,19,24)(H,20,23). The van der Waals surface area contributed by atoms with E-state index < -0.39 is 0 Å². The number of hydrogen-bond acceptors (Lipinski definition) is 5. The average Bonchev–Trinajstić information content (AvgIpc) is 2.54. The summed E-state index contributed by atoms with van der Waals surface area (Å²) in [6, 6.07) is 7.38. The number of hydrogen-bond donors (Lipinski definition) is 2. The maximum Gasteiger partial charge on any atom is 0.240 e. The van der Waals surface area contributed by atoms with E-state index in [1.807, 2.05) is 45.0 Å². The summed E-state index contributed by atoms with van der Waals surface area (Å²) in [5.41, 5.74) is 4.94. The van der Waals surface area contributed by atoms with Gasteiger partial charge in [-0.05, 0) is 17.7 Å². The Balaban J connectivity index is 2.02. The highest BCUT2D eigenvalue weighted by atomic mass is 32.2. The number of carbonyl (C=O) groups excluding carboxylic acids is 3. The second kappa shape index (κ2) is 8.29. The van der Waals surface area contributed by atoms with Crippen LogP contribution >= 0.6 is 11.8 Å². The van der Waals surface area contributed by atoms with Crippen LogP contribution < -0.4 is 10.7 Å². The van der Waals surface area contributed by atoms with Crippen molar-refractivity contribution in [2.45, 2.75) is 39.4 Å². The van der Waals surface area contributed by atoms with Crippen molar-refractivity contribution in [2.24, 2.45) is 16.9 Å². The number of nitrogens with one attached hydrogen (secondary N) is 2. The number of carbonyl (C=O) groups is 3. The number of hydrazone groups is 1. The Kier molecular flexibility index (Phi) is 6.36. The number of anilines is 1. The summed E-state index contributed by atoms with van der Waals surface area (Å²) < 4.78 is 0. The smallest absolute Gasteiger partial charge is 0.240 e. The van der Waals surface area contributed by atoms with E-state index >= 15 is 0 Å². The van der Waals surface area contributed by atoms with Gasteiger partial charge in [-0.3, -0.25) is 14.4 Å². The molecular weight excluding hydrogens is 338 g/mol. The Morgan fingerprint density at radius 3 is 2.48 bits per heavy atom. The average molecular weight is 361 g/mol. The molecule has 0 saturated heterocycles. The third-order valence-electron chi connectivity index (χ3n) is 4.18. The molecule has 25 heavy (non-hydrogen) atoms. The molecule has 2 N–H and O–H groups in total. The maximum absolute atomic E-state index is 12.3. The van der Waals surface area contributed by atoms with Crippen LogP contribution in [0, 0.1) is 11.8 Å². The fourth-order valence-electron chi connectivity index (χ4n) is 2.56. The number of thioether (sulfide) groups is 1. The second-order valence-electron chi connectivity index (χ2n) is 6.31. The molecular formula is C18H23N3O3S. The third-order valence-corrected chi connectivity index (χ3v) is 5.29. The minimum absolute atomic E-state index is 0.00553. The maximum atomic E-state index is 12.3. The minimum Gasteiger partial charge on any atom is -0.326 e. The fraction of sp³-hybridized carbons (Fsp3) is 0.444. The van der Waals surface area contributed by atoms with E-state index in [-0.39, 0.29) is 34.0 Å². The van der Waals surface area contributed by atoms with Crippen LogP contribution in [0.1, 0.15) is 39.7 Å². The molecule has 1 aliphatic heterocycles. The Morgan fingerprint density at radius 1 is 1.28 bits per heavy atom. The first-order valence-corrected chi connectivity index (χ1v) is 9.10. The lowest BCUT2D eigenvalue weighted by atomic mass is 9.94. The van der Waals surface area contributed by atoms with E-state index in [1.54, 1.807) is 0 Å². The van der Waals surface area contributed by atoms with Crippen LogP contribution in [-0.4, -0.2) is 27.9 Å². The monoisotopic (exact) mass is 361 g/mol. The van der Waals surface area contributed by atoms with Gasteiger partial charge in [-0.1, -0.05) is 44.7 Å². The predicted octanol–water partition coefficient (Wildman–Crippen LogP) is 2.79. The summed E-state index contributed by atoms with van der Waals surface area (Å²) in [7, 11) is 0. The predicted molar refractivity (Wildman–Crippen MR) is 100 cm³/mol. The molecule has 0 spiro atoms. The van der Waals surface area contributed by atoms with Gasteiger partial charge in [-0.25, -0.2) is 5.43 Å². The summed E-state index contributed by atoms with van der Waals surface area (Å²) in [6.07, 6.45) is 0.417. The number of amides is 2. The topological polar surface area (TPSA) is 87.6 Å². The molecule has 134 valence electrons. The van der Waals surface area contributed by atoms with Crippen molar-refractivity contribution in [3.05, 3.63) is 29.8 Å². The molecule has 1 aromatic carbocycles. The van der Waals surface area contributed by atoms with Gasteiger partial charge in [-0.2, -0.15) is 5.10 Å². The minimum atomic E-state index is -0.286. The van der Waals surface area contributed by atoms with Gasteiger partial charge >= 0.3 is 0 Å². The van der Waals surface area contributed by atoms with Crippen LogP contribution in [-0.2, 0) is 14.4 Å². The zero-order valence-corrected chi connectivity index (χ0v) is 15.6. The normalized spacial score (nSPS) is 19.4. The van der Waals surface area contributed by atoms with Crippen LogP contribution in [0.5, 0.6) is 0 Å². The van der Waals surface area contributed by atoms with Crippen molar-refractivity contribution < 1.29 is 14.4 Å². The molecule has 1 heterocycles. The first-order chi connectivity index (χ1) is 11.8. The summed E-state index contributed by atoms with van der Waals surface area (Å²) in [6.45, 7) is 7.15. The number of rotatable bonds is 5. The van der Waals surface area contributed by atoms with Gasteiger partial charge in [-0.15, -0.1) is 0 Å². The van der Waals surface area contributed by atoms with E-state index in [2.05, 4.69) is 15.8 Å². The highest BCUT2D eigenvalue weighted by Crippen LogP contribution is 2.22. The van der Waals surface area contributed by atoms with Crippen molar-refractivity contribution in [3.63, 3.8) is 0 Å². The van der Waals surface area contributed by atoms with Crippen LogP contribution in [0.15, 0.2) is 29.4 Å². The zero-order valence-electron chi connectivity index (χ0n) is 14.8. The molecule has 1 aromatic rings. The Hall–Kier alpha value is -2.15. The van der Waals surface area contributed by atoms with Crippen LogP contribution in [0.3, 0.4) is 0 Å². The SMILES string of the molecule is CC(=O)SC(C)C(C)C(=O)Nc1ccc(C2=NNC(=O)CC2C)cc1. The van der Waals surface area contributed by atoms with Crippen LogP contribution in [0.4, 0.5) is 5.69 Å². The molecule has 0 fully saturated rings. The summed E-state index contributed by atoms with van der Waals surface area (Å²) in [4.78, 5) is 34.8. The largest absolute Gasteiger partial charge is 0.326 e. The van der Waals surface area contributed by atoms with Crippen LogP contribution in [0.25, 0.3) is 0 Å². The lowest BCUT2D eigenvalue weighted by molar-refractivity contribution is -0.122. The molecule has 0 aliphatic carbocycles. The van der Waals surface area contributed by atoms with E-state index in [0.29, 0.717) is 12.1 Å². The van der Waals surface area contributed by atoms with Crippen LogP contribution in [0.2, 0.25) is 0 Å². The summed E-state index contributed by atoms with van der Waals surface area (Å²) in [5.74, 6) is -0.429. The van der Waals surface area contributed by atoms with E-state index in [0.717, 1.165) is 11.3 Å². The van der Waals surface area contributed by atoms with Gasteiger partial charge < -0.3 is 5.32 Å². The van der Waals surface area contributed by atoms with Gasteiger partial charge in [0.15, 0.2) is 5.12 Å². The Bertz CT molecular complexity index is 700. The van der Waals surface area contributed by atoms with Gasteiger partial charge in [0.05, 0.1) is 5.71 Å². The molecule has 3 unspecified atom stereocenters. The molecule has 2 rings (SSSR count). The first kappa shape index (κ1) is 19.2. The molecule has 1 aliphatic rings. The van der Waals surface area contributed by atoms with Crippen molar-refractivity contribution in [1.29, 1.82) is 0 Å². The molecule has 6 nitrogen and oxygen atoms in total. The molecule has 0 radical (unpaired) electrons. The van der Waals surface area contributed by atoms with Crippen molar-refractivity contribution >= 4 is 40.1 Å². The second-order valence-corrected chi connectivity index (χ2v) is 7.86. The molecule has 2 amide bonds. The molecule has 3 atom stereocenters. The lowest BCUT2D eigenvalue weighted by Crippen LogP contribution is -2.32. The van der Waals surface area contributed by atoms with Crippen molar-refractivity contribution in [2.75, 3.05) is 5.32 Å². The highest BCUT2D eigenvalue weighted by Gasteiger charge is 2.23. The molecule has 0 aromatic heterocycles. The Labute approximate surface area is 151 Å². The van der Waals surface area contributed by atoms with Crippen molar-refractivity contribution in [1.82, 2.24) is 5.43 Å². The first-order valence-electron chi connectivity index (χ1n) is 8.23. The highest BCUT2D eigenvalue weighted by molar-refractivity contribution is 8.14. The number of benzene rings is 1. The zero-order chi connectivity index (χ0) is 18.6.